The summed E-state index contributed by atoms with van der Waals surface area (Å²) < 4.78 is 11.4. The Balaban J connectivity index is 1.51. The molecule has 0 aliphatic rings. The molecule has 0 bridgehead atoms. The van der Waals surface area contributed by atoms with E-state index in [1.54, 1.807) is 18.4 Å². The van der Waals surface area contributed by atoms with Gasteiger partial charge in [0.15, 0.2) is 11.5 Å². The quantitative estimate of drug-likeness (QED) is 0.629. The number of aromatic nitrogens is 1. The van der Waals surface area contributed by atoms with Crippen molar-refractivity contribution in [2.75, 3.05) is 13.7 Å². The summed E-state index contributed by atoms with van der Waals surface area (Å²) in [5.74, 6) is 1.55. The van der Waals surface area contributed by atoms with Gasteiger partial charge in [-0.25, -0.2) is 0 Å². The lowest BCUT2D eigenvalue weighted by atomic mass is 10.2. The monoisotopic (exact) mass is 354 g/mol. The Kier molecular flexibility index (Phi) is 6.42. The lowest BCUT2D eigenvalue weighted by Crippen LogP contribution is -2.13. The van der Waals surface area contributed by atoms with Crippen molar-refractivity contribution in [3.8, 4) is 11.5 Å². The number of methoxy groups -OCH3 is 1. The topological polar surface area (TPSA) is 43.4 Å². The number of ether oxygens (including phenoxy) is 2. The van der Waals surface area contributed by atoms with Gasteiger partial charge in [0.2, 0.25) is 0 Å². The second-order valence-electron chi connectivity index (χ2n) is 5.59. The zero-order chi connectivity index (χ0) is 17.3. The number of hydrogen-bond donors (Lipinski definition) is 1. The first-order valence-corrected chi connectivity index (χ1v) is 9.16. The van der Waals surface area contributed by atoms with Crippen molar-refractivity contribution in [1.29, 1.82) is 0 Å². The highest BCUT2D eigenvalue weighted by molar-refractivity contribution is 7.09. The molecule has 0 saturated carbocycles. The Hall–Kier alpha value is -2.37. The Bertz CT molecular complexity index is 761. The van der Waals surface area contributed by atoms with Crippen LogP contribution in [-0.2, 0) is 19.5 Å². The Labute approximate surface area is 152 Å². The summed E-state index contributed by atoms with van der Waals surface area (Å²) in [7, 11) is 1.67. The van der Waals surface area contributed by atoms with Crippen LogP contribution in [0.2, 0.25) is 0 Å². The van der Waals surface area contributed by atoms with E-state index < -0.39 is 0 Å². The van der Waals surface area contributed by atoms with E-state index in [0.29, 0.717) is 6.61 Å². The molecule has 1 aromatic carbocycles. The third-order valence-corrected chi connectivity index (χ3v) is 4.71. The molecule has 0 saturated heterocycles. The second-order valence-corrected chi connectivity index (χ2v) is 6.62. The number of rotatable bonds is 9. The average molecular weight is 354 g/mol. The second kappa shape index (κ2) is 9.20. The van der Waals surface area contributed by atoms with Gasteiger partial charge in [0.25, 0.3) is 0 Å². The van der Waals surface area contributed by atoms with Crippen LogP contribution < -0.4 is 14.8 Å². The molecule has 0 fully saturated rings. The van der Waals surface area contributed by atoms with E-state index in [9.17, 15) is 0 Å². The lowest BCUT2D eigenvalue weighted by molar-refractivity contribution is 0.298. The first-order valence-electron chi connectivity index (χ1n) is 8.28. The van der Waals surface area contributed by atoms with E-state index in [1.165, 1.54) is 4.88 Å². The Morgan fingerprint density at radius 2 is 2.00 bits per heavy atom. The predicted molar refractivity (Wildman–Crippen MR) is 101 cm³/mol. The van der Waals surface area contributed by atoms with Crippen molar-refractivity contribution in [3.05, 3.63) is 76.2 Å². The van der Waals surface area contributed by atoms with Gasteiger partial charge in [-0.15, -0.1) is 11.3 Å². The smallest absolute Gasteiger partial charge is 0.161 e. The molecule has 2 heterocycles. The lowest BCUT2D eigenvalue weighted by Gasteiger charge is -2.12. The molecule has 2 aromatic heterocycles. The van der Waals surface area contributed by atoms with Crippen LogP contribution in [0, 0.1) is 0 Å². The maximum absolute atomic E-state index is 5.88. The summed E-state index contributed by atoms with van der Waals surface area (Å²) in [6.45, 7) is 2.14. The fourth-order valence-electron chi connectivity index (χ4n) is 2.50. The molecule has 3 rings (SSSR count). The molecule has 130 valence electrons. The van der Waals surface area contributed by atoms with Gasteiger partial charge in [0, 0.05) is 30.6 Å². The van der Waals surface area contributed by atoms with Crippen molar-refractivity contribution in [3.63, 3.8) is 0 Å². The van der Waals surface area contributed by atoms with E-state index in [4.69, 9.17) is 9.47 Å². The maximum atomic E-state index is 5.88. The van der Waals surface area contributed by atoms with E-state index in [2.05, 4.69) is 33.9 Å². The van der Waals surface area contributed by atoms with Crippen LogP contribution in [0.3, 0.4) is 0 Å². The third kappa shape index (κ3) is 5.31. The Morgan fingerprint density at radius 3 is 2.76 bits per heavy atom. The summed E-state index contributed by atoms with van der Waals surface area (Å²) in [6, 6.07) is 16.2. The molecule has 0 aliphatic heterocycles. The minimum absolute atomic E-state index is 0.647. The number of benzene rings is 1. The van der Waals surface area contributed by atoms with Gasteiger partial charge in [-0.05, 0) is 41.3 Å². The molecule has 0 aliphatic carbocycles. The van der Waals surface area contributed by atoms with Gasteiger partial charge in [-0.2, -0.15) is 0 Å². The summed E-state index contributed by atoms with van der Waals surface area (Å²) in [5.41, 5.74) is 2.18. The third-order valence-electron chi connectivity index (χ3n) is 3.78. The van der Waals surface area contributed by atoms with Crippen molar-refractivity contribution in [2.45, 2.75) is 19.5 Å². The number of hydrogen-bond acceptors (Lipinski definition) is 5. The normalized spacial score (nSPS) is 10.6. The molecule has 0 amide bonds. The molecular formula is C20H22N2O2S. The first kappa shape index (κ1) is 17.5. The zero-order valence-corrected chi connectivity index (χ0v) is 15.1. The molecule has 25 heavy (non-hydrogen) atoms. The van der Waals surface area contributed by atoms with Gasteiger partial charge in [0.05, 0.1) is 19.4 Å². The Morgan fingerprint density at radius 1 is 1.04 bits per heavy atom. The van der Waals surface area contributed by atoms with Gasteiger partial charge in [-0.3, -0.25) is 4.98 Å². The standard InChI is InChI=1S/C20H22N2O2S/c1-23-20-13-16(14-21-15-17-5-2-3-10-22-17)7-8-19(20)24-11-9-18-6-4-12-25-18/h2-8,10,12-13,21H,9,11,14-15H2,1H3. The van der Waals surface area contributed by atoms with Gasteiger partial charge < -0.3 is 14.8 Å². The highest BCUT2D eigenvalue weighted by Gasteiger charge is 2.06. The molecule has 0 spiro atoms. The van der Waals surface area contributed by atoms with Crippen LogP contribution in [0.15, 0.2) is 60.1 Å². The molecule has 3 aromatic rings. The molecular weight excluding hydrogens is 332 g/mol. The predicted octanol–water partition coefficient (Wildman–Crippen LogP) is 4.06. The zero-order valence-electron chi connectivity index (χ0n) is 14.3. The molecule has 5 heteroatoms. The summed E-state index contributed by atoms with van der Waals surface area (Å²) in [6.07, 6.45) is 2.72. The fraction of sp³-hybridized carbons (Fsp3) is 0.250. The molecule has 0 radical (unpaired) electrons. The van der Waals surface area contributed by atoms with E-state index in [1.807, 2.05) is 36.5 Å². The van der Waals surface area contributed by atoms with E-state index in [-0.39, 0.29) is 0 Å². The average Bonchev–Trinajstić information content (AvgIpc) is 3.17. The molecule has 4 nitrogen and oxygen atoms in total. The van der Waals surface area contributed by atoms with Crippen LogP contribution in [0.4, 0.5) is 0 Å². The largest absolute Gasteiger partial charge is 0.493 e. The summed E-state index contributed by atoms with van der Waals surface area (Å²) in [5, 5.41) is 5.48. The van der Waals surface area contributed by atoms with Crippen LogP contribution >= 0.6 is 11.3 Å². The van der Waals surface area contributed by atoms with Crippen LogP contribution in [-0.4, -0.2) is 18.7 Å². The minimum Gasteiger partial charge on any atom is -0.493 e. The SMILES string of the molecule is COc1cc(CNCc2ccccn2)ccc1OCCc1cccs1. The van der Waals surface area contributed by atoms with Crippen molar-refractivity contribution >= 4 is 11.3 Å². The molecule has 0 atom stereocenters. The summed E-state index contributed by atoms with van der Waals surface area (Å²) in [4.78, 5) is 5.63. The number of pyridine rings is 1. The van der Waals surface area contributed by atoms with Crippen LogP contribution in [0.1, 0.15) is 16.1 Å². The van der Waals surface area contributed by atoms with Crippen molar-refractivity contribution in [1.82, 2.24) is 10.3 Å². The summed E-state index contributed by atoms with van der Waals surface area (Å²) >= 11 is 1.75. The highest BCUT2D eigenvalue weighted by atomic mass is 32.1. The number of nitrogens with zero attached hydrogens (tertiary/aromatic N) is 1. The van der Waals surface area contributed by atoms with Crippen molar-refractivity contribution < 1.29 is 9.47 Å². The van der Waals surface area contributed by atoms with Gasteiger partial charge in [0.1, 0.15) is 0 Å². The number of thiophene rings is 1. The van der Waals surface area contributed by atoms with Gasteiger partial charge in [-0.1, -0.05) is 18.2 Å². The van der Waals surface area contributed by atoms with Crippen LogP contribution in [0.5, 0.6) is 11.5 Å². The fourth-order valence-corrected chi connectivity index (χ4v) is 3.19. The minimum atomic E-state index is 0.647. The number of nitrogens with one attached hydrogen (secondary N) is 1. The van der Waals surface area contributed by atoms with E-state index >= 15 is 0 Å². The van der Waals surface area contributed by atoms with E-state index in [0.717, 1.165) is 42.3 Å². The highest BCUT2D eigenvalue weighted by Crippen LogP contribution is 2.28. The maximum Gasteiger partial charge on any atom is 0.161 e. The van der Waals surface area contributed by atoms with Crippen molar-refractivity contribution in [2.24, 2.45) is 0 Å². The van der Waals surface area contributed by atoms with Crippen LogP contribution in [0.25, 0.3) is 0 Å². The first-order chi connectivity index (χ1) is 12.3. The molecule has 1 N–H and O–H groups in total. The molecule has 0 unspecified atom stereocenters. The van der Waals surface area contributed by atoms with Gasteiger partial charge >= 0.3 is 0 Å².